The van der Waals surface area contributed by atoms with Gasteiger partial charge in [-0.2, -0.15) is 0 Å². The van der Waals surface area contributed by atoms with Crippen molar-refractivity contribution in [1.29, 1.82) is 0 Å². The molecule has 94 valence electrons. The Morgan fingerprint density at radius 2 is 1.75 bits per heavy atom. The topological polar surface area (TPSA) is 47.3 Å². The van der Waals surface area contributed by atoms with Gasteiger partial charge in [0, 0.05) is 19.3 Å². The zero-order chi connectivity index (χ0) is 11.2. The number of hydrazine groups is 1. The van der Waals surface area contributed by atoms with Crippen LogP contribution in [0.15, 0.2) is 0 Å². The average molecular weight is 226 g/mol. The average Bonchev–Trinajstić information content (AvgIpc) is 2.38. The van der Waals surface area contributed by atoms with Crippen LogP contribution in [-0.2, 0) is 4.74 Å². The van der Waals surface area contributed by atoms with Gasteiger partial charge in [-0.1, -0.05) is 32.1 Å². The lowest BCUT2D eigenvalue weighted by Gasteiger charge is -2.33. The van der Waals surface area contributed by atoms with E-state index in [1.165, 1.54) is 51.4 Å². The largest absolute Gasteiger partial charge is 0.381 e. The summed E-state index contributed by atoms with van der Waals surface area (Å²) in [4.78, 5) is 0. The molecule has 0 radical (unpaired) electrons. The monoisotopic (exact) mass is 226 g/mol. The molecule has 0 aromatic heterocycles. The van der Waals surface area contributed by atoms with E-state index in [1.807, 2.05) is 0 Å². The Hall–Kier alpha value is -0.120. The van der Waals surface area contributed by atoms with Crippen molar-refractivity contribution in [3.05, 3.63) is 0 Å². The van der Waals surface area contributed by atoms with E-state index in [0.29, 0.717) is 6.04 Å². The highest BCUT2D eigenvalue weighted by molar-refractivity contribution is 4.80. The van der Waals surface area contributed by atoms with Gasteiger partial charge in [0.15, 0.2) is 0 Å². The van der Waals surface area contributed by atoms with Crippen LogP contribution in [0.4, 0.5) is 0 Å². The fraction of sp³-hybridized carbons (Fsp3) is 1.00. The van der Waals surface area contributed by atoms with Gasteiger partial charge < -0.3 is 4.74 Å². The summed E-state index contributed by atoms with van der Waals surface area (Å²) in [5.74, 6) is 7.38. The van der Waals surface area contributed by atoms with Crippen molar-refractivity contribution in [2.75, 3.05) is 13.2 Å². The summed E-state index contributed by atoms with van der Waals surface area (Å²) in [6, 6.07) is 0.520. The number of rotatable bonds is 4. The Morgan fingerprint density at radius 1 is 1.06 bits per heavy atom. The van der Waals surface area contributed by atoms with Crippen LogP contribution in [0.25, 0.3) is 0 Å². The van der Waals surface area contributed by atoms with E-state index in [2.05, 4.69) is 5.43 Å². The van der Waals surface area contributed by atoms with Gasteiger partial charge in [-0.05, 0) is 31.1 Å². The van der Waals surface area contributed by atoms with Crippen molar-refractivity contribution < 1.29 is 4.74 Å². The first-order valence-corrected chi connectivity index (χ1v) is 6.94. The van der Waals surface area contributed by atoms with Crippen LogP contribution in [0, 0.1) is 11.8 Å². The van der Waals surface area contributed by atoms with Gasteiger partial charge in [-0.15, -0.1) is 0 Å². The molecule has 3 nitrogen and oxygen atoms in total. The summed E-state index contributed by atoms with van der Waals surface area (Å²) in [5, 5.41) is 0. The molecule has 3 N–H and O–H groups in total. The molecule has 16 heavy (non-hydrogen) atoms. The third-order valence-electron chi connectivity index (χ3n) is 4.36. The molecule has 2 aliphatic rings. The van der Waals surface area contributed by atoms with Crippen molar-refractivity contribution in [1.82, 2.24) is 5.43 Å². The second kappa shape index (κ2) is 6.58. The van der Waals surface area contributed by atoms with Gasteiger partial charge in [0.25, 0.3) is 0 Å². The predicted molar refractivity (Wildman–Crippen MR) is 65.8 cm³/mol. The van der Waals surface area contributed by atoms with Crippen LogP contribution in [0.1, 0.15) is 51.4 Å². The molecular formula is C13H26N2O. The standard InChI is InChI=1S/C13H26N2O/c14-15-13(12-6-8-16-9-7-12)10-11-4-2-1-3-5-11/h11-13,15H,1-10,14H2. The van der Waals surface area contributed by atoms with Crippen LogP contribution in [0.5, 0.6) is 0 Å². The number of ether oxygens (including phenoxy) is 1. The first-order valence-electron chi connectivity index (χ1n) is 6.94. The Kier molecular flexibility index (Phi) is 5.07. The highest BCUT2D eigenvalue weighted by Gasteiger charge is 2.26. The van der Waals surface area contributed by atoms with Crippen molar-refractivity contribution in [2.45, 2.75) is 57.4 Å². The van der Waals surface area contributed by atoms with E-state index in [4.69, 9.17) is 10.6 Å². The maximum Gasteiger partial charge on any atom is 0.0469 e. The minimum absolute atomic E-state index is 0.520. The lowest BCUT2D eigenvalue weighted by Crippen LogP contribution is -2.44. The van der Waals surface area contributed by atoms with Gasteiger partial charge in [0.2, 0.25) is 0 Å². The molecule has 1 atom stereocenters. The quantitative estimate of drug-likeness (QED) is 0.571. The first-order chi connectivity index (χ1) is 7.90. The molecule has 1 unspecified atom stereocenters. The predicted octanol–water partition coefficient (Wildman–Crippen LogP) is 2.22. The maximum absolute atomic E-state index is 5.73. The maximum atomic E-state index is 5.73. The molecule has 1 aliphatic carbocycles. The van der Waals surface area contributed by atoms with Crippen LogP contribution >= 0.6 is 0 Å². The molecule has 0 amide bonds. The third kappa shape index (κ3) is 3.44. The van der Waals surface area contributed by atoms with Gasteiger partial charge in [-0.3, -0.25) is 11.3 Å². The highest BCUT2D eigenvalue weighted by atomic mass is 16.5. The van der Waals surface area contributed by atoms with Crippen LogP contribution in [0.3, 0.4) is 0 Å². The van der Waals surface area contributed by atoms with E-state index in [0.717, 1.165) is 25.0 Å². The fourth-order valence-electron chi connectivity index (χ4n) is 3.30. The SMILES string of the molecule is NNC(CC1CCCCC1)C1CCOCC1. The molecular weight excluding hydrogens is 200 g/mol. The molecule has 1 aliphatic heterocycles. The number of nitrogens with one attached hydrogen (secondary N) is 1. The molecule has 3 heteroatoms. The smallest absolute Gasteiger partial charge is 0.0469 e. The van der Waals surface area contributed by atoms with Gasteiger partial charge in [0.05, 0.1) is 0 Å². The molecule has 0 spiro atoms. The molecule has 2 rings (SSSR count). The Morgan fingerprint density at radius 3 is 2.38 bits per heavy atom. The molecule has 1 saturated heterocycles. The van der Waals surface area contributed by atoms with Crippen LogP contribution < -0.4 is 11.3 Å². The van der Waals surface area contributed by atoms with E-state index >= 15 is 0 Å². The summed E-state index contributed by atoms with van der Waals surface area (Å²) in [7, 11) is 0. The van der Waals surface area contributed by atoms with E-state index < -0.39 is 0 Å². The second-order valence-electron chi connectivity index (χ2n) is 5.46. The van der Waals surface area contributed by atoms with Gasteiger partial charge in [-0.25, -0.2) is 0 Å². The lowest BCUT2D eigenvalue weighted by molar-refractivity contribution is 0.0491. The number of hydrogen-bond acceptors (Lipinski definition) is 3. The van der Waals surface area contributed by atoms with Crippen molar-refractivity contribution in [3.8, 4) is 0 Å². The fourth-order valence-corrected chi connectivity index (χ4v) is 3.30. The third-order valence-corrected chi connectivity index (χ3v) is 4.36. The van der Waals surface area contributed by atoms with E-state index in [1.54, 1.807) is 0 Å². The lowest BCUT2D eigenvalue weighted by atomic mass is 9.80. The zero-order valence-electron chi connectivity index (χ0n) is 10.3. The molecule has 2 fully saturated rings. The minimum atomic E-state index is 0.520. The molecule has 1 saturated carbocycles. The normalized spacial score (nSPS) is 26.8. The summed E-state index contributed by atoms with van der Waals surface area (Å²) in [5.41, 5.74) is 3.06. The Labute approximate surface area is 99.1 Å². The van der Waals surface area contributed by atoms with E-state index in [-0.39, 0.29) is 0 Å². The molecule has 1 heterocycles. The molecule has 0 aromatic rings. The second-order valence-corrected chi connectivity index (χ2v) is 5.46. The van der Waals surface area contributed by atoms with E-state index in [9.17, 15) is 0 Å². The van der Waals surface area contributed by atoms with Crippen LogP contribution in [-0.4, -0.2) is 19.3 Å². The van der Waals surface area contributed by atoms with Crippen molar-refractivity contribution in [2.24, 2.45) is 17.7 Å². The van der Waals surface area contributed by atoms with Crippen molar-refractivity contribution in [3.63, 3.8) is 0 Å². The zero-order valence-corrected chi connectivity index (χ0v) is 10.3. The molecule has 0 aromatic carbocycles. The summed E-state index contributed by atoms with van der Waals surface area (Å²) >= 11 is 0. The number of nitrogens with two attached hydrogens (primary N) is 1. The summed E-state index contributed by atoms with van der Waals surface area (Å²) in [6.45, 7) is 1.85. The van der Waals surface area contributed by atoms with Gasteiger partial charge >= 0.3 is 0 Å². The Bertz CT molecular complexity index is 186. The summed E-state index contributed by atoms with van der Waals surface area (Å²) < 4.78 is 5.42. The first kappa shape index (κ1) is 12.3. The Balaban J connectivity index is 1.78. The highest BCUT2D eigenvalue weighted by Crippen LogP contribution is 2.30. The van der Waals surface area contributed by atoms with Gasteiger partial charge in [0.1, 0.15) is 0 Å². The minimum Gasteiger partial charge on any atom is -0.381 e. The van der Waals surface area contributed by atoms with Crippen molar-refractivity contribution >= 4 is 0 Å². The summed E-state index contributed by atoms with van der Waals surface area (Å²) in [6.07, 6.45) is 10.8. The van der Waals surface area contributed by atoms with Crippen LogP contribution in [0.2, 0.25) is 0 Å². The number of hydrogen-bond donors (Lipinski definition) is 2. The molecule has 0 bridgehead atoms.